The summed E-state index contributed by atoms with van der Waals surface area (Å²) in [5.74, 6) is 0.0472. The van der Waals surface area contributed by atoms with Crippen molar-refractivity contribution in [3.05, 3.63) is 63.2 Å². The summed E-state index contributed by atoms with van der Waals surface area (Å²) in [7, 11) is 0. The summed E-state index contributed by atoms with van der Waals surface area (Å²) in [5, 5.41) is 0. The molecule has 4 heteroatoms. The minimum atomic E-state index is 0.0472. The van der Waals surface area contributed by atoms with Crippen LogP contribution in [0.5, 0.6) is 0 Å². The number of hydrogen-bond acceptors (Lipinski definition) is 2. The van der Waals surface area contributed by atoms with Gasteiger partial charge in [0, 0.05) is 27.4 Å². The van der Waals surface area contributed by atoms with E-state index in [2.05, 4.69) is 22.6 Å². The number of nitrogens with zero attached hydrogens (tertiary/aromatic N) is 1. The Morgan fingerprint density at radius 2 is 1.90 bits per heavy atom. The highest BCUT2D eigenvalue weighted by molar-refractivity contribution is 14.1. The van der Waals surface area contributed by atoms with Crippen LogP contribution in [0.25, 0.3) is 0 Å². The van der Waals surface area contributed by atoms with Crippen molar-refractivity contribution in [2.24, 2.45) is 0 Å². The molecule has 0 aliphatic rings. The van der Waals surface area contributed by atoms with E-state index < -0.39 is 0 Å². The van der Waals surface area contributed by atoms with Gasteiger partial charge in [0.05, 0.1) is 0 Å². The van der Waals surface area contributed by atoms with Crippen molar-refractivity contribution in [3.63, 3.8) is 0 Å². The fourth-order valence-corrected chi connectivity index (χ4v) is 2.71. The van der Waals surface area contributed by atoms with Gasteiger partial charge >= 0.3 is 0 Å². The van der Waals surface area contributed by atoms with Crippen LogP contribution < -0.4 is 5.73 Å². The summed E-state index contributed by atoms with van der Waals surface area (Å²) < 4.78 is 1.06. The van der Waals surface area contributed by atoms with Gasteiger partial charge in [-0.15, -0.1) is 0 Å². The maximum absolute atomic E-state index is 12.7. The minimum Gasteiger partial charge on any atom is -0.399 e. The average molecular weight is 394 g/mol. The largest absolute Gasteiger partial charge is 0.399 e. The van der Waals surface area contributed by atoms with E-state index in [0.717, 1.165) is 20.4 Å². The zero-order valence-corrected chi connectivity index (χ0v) is 14.4. The molecule has 0 atom stereocenters. The molecule has 0 saturated heterocycles. The van der Waals surface area contributed by atoms with Crippen LogP contribution in [0.2, 0.25) is 0 Å². The lowest BCUT2D eigenvalue weighted by Crippen LogP contribution is -2.36. The third-order valence-corrected chi connectivity index (χ3v) is 3.93. The molecule has 0 bridgehead atoms. The van der Waals surface area contributed by atoms with E-state index >= 15 is 0 Å². The fourth-order valence-electron chi connectivity index (χ4n) is 2.16. The van der Waals surface area contributed by atoms with Gasteiger partial charge in [0.2, 0.25) is 0 Å². The molecule has 2 aromatic carbocycles. The molecule has 0 saturated carbocycles. The molecule has 0 radical (unpaired) electrons. The predicted molar refractivity (Wildman–Crippen MR) is 95.0 cm³/mol. The zero-order chi connectivity index (χ0) is 15.4. The SMILES string of the molecule is CC(C)N(Cc1cccc(N)c1)C(=O)c1cccc(I)c1. The standard InChI is InChI=1S/C17H19IN2O/c1-12(2)20(11-13-5-3-8-16(19)9-13)17(21)14-6-4-7-15(18)10-14/h3-10,12H,11,19H2,1-2H3. The second-order valence-corrected chi connectivity index (χ2v) is 6.53. The number of hydrogen-bond donors (Lipinski definition) is 1. The first kappa shape index (κ1) is 15.8. The number of rotatable bonds is 4. The van der Waals surface area contributed by atoms with Gasteiger partial charge in [0.15, 0.2) is 0 Å². The average Bonchev–Trinajstić information content (AvgIpc) is 2.44. The number of amides is 1. The molecule has 0 unspecified atom stereocenters. The quantitative estimate of drug-likeness (QED) is 0.631. The van der Waals surface area contributed by atoms with Crippen molar-refractivity contribution >= 4 is 34.2 Å². The number of carbonyl (C=O) groups excluding carboxylic acids is 1. The van der Waals surface area contributed by atoms with E-state index in [1.807, 2.05) is 67.3 Å². The summed E-state index contributed by atoms with van der Waals surface area (Å²) in [4.78, 5) is 14.6. The second kappa shape index (κ2) is 6.93. The van der Waals surface area contributed by atoms with Gasteiger partial charge in [0.1, 0.15) is 0 Å². The number of halogens is 1. The molecule has 0 aliphatic heterocycles. The zero-order valence-electron chi connectivity index (χ0n) is 12.2. The van der Waals surface area contributed by atoms with E-state index in [0.29, 0.717) is 6.54 Å². The van der Waals surface area contributed by atoms with Crippen LogP contribution in [-0.4, -0.2) is 16.8 Å². The first-order valence-electron chi connectivity index (χ1n) is 6.88. The fraction of sp³-hybridized carbons (Fsp3) is 0.235. The van der Waals surface area contributed by atoms with E-state index in [1.54, 1.807) is 0 Å². The van der Waals surface area contributed by atoms with Crippen molar-refractivity contribution in [3.8, 4) is 0 Å². The lowest BCUT2D eigenvalue weighted by molar-refractivity contribution is 0.0690. The molecule has 110 valence electrons. The van der Waals surface area contributed by atoms with Crippen molar-refractivity contribution in [1.82, 2.24) is 4.90 Å². The predicted octanol–water partition coefficient (Wildman–Crippen LogP) is 3.92. The Morgan fingerprint density at radius 3 is 2.52 bits per heavy atom. The van der Waals surface area contributed by atoms with Gasteiger partial charge in [-0.25, -0.2) is 0 Å². The van der Waals surface area contributed by atoms with E-state index in [9.17, 15) is 4.79 Å². The molecule has 3 nitrogen and oxygen atoms in total. The lowest BCUT2D eigenvalue weighted by Gasteiger charge is -2.27. The third kappa shape index (κ3) is 4.20. The Hall–Kier alpha value is -1.56. The third-order valence-electron chi connectivity index (χ3n) is 3.26. The van der Waals surface area contributed by atoms with Gasteiger partial charge in [-0.1, -0.05) is 18.2 Å². The van der Waals surface area contributed by atoms with Crippen LogP contribution in [-0.2, 0) is 6.54 Å². The summed E-state index contributed by atoms with van der Waals surface area (Å²) >= 11 is 2.22. The highest BCUT2D eigenvalue weighted by Gasteiger charge is 2.19. The molecule has 0 spiro atoms. The van der Waals surface area contributed by atoms with Crippen molar-refractivity contribution < 1.29 is 4.79 Å². The van der Waals surface area contributed by atoms with E-state index in [-0.39, 0.29) is 11.9 Å². The molecule has 2 rings (SSSR count). The number of anilines is 1. The van der Waals surface area contributed by atoms with Crippen LogP contribution in [0.15, 0.2) is 48.5 Å². The molecule has 1 amide bonds. The minimum absolute atomic E-state index is 0.0472. The Kier molecular flexibility index (Phi) is 5.22. The van der Waals surface area contributed by atoms with Gasteiger partial charge in [-0.3, -0.25) is 4.79 Å². The van der Waals surface area contributed by atoms with Crippen LogP contribution >= 0.6 is 22.6 Å². The monoisotopic (exact) mass is 394 g/mol. The number of nitrogen functional groups attached to an aromatic ring is 1. The normalized spacial score (nSPS) is 10.7. The Balaban J connectivity index is 2.25. The Labute approximate surface area is 139 Å². The number of benzene rings is 2. The summed E-state index contributed by atoms with van der Waals surface area (Å²) in [6.07, 6.45) is 0. The molecule has 0 aliphatic carbocycles. The first-order chi connectivity index (χ1) is 9.97. The van der Waals surface area contributed by atoms with Crippen LogP contribution in [0, 0.1) is 3.57 Å². The highest BCUT2D eigenvalue weighted by atomic mass is 127. The number of carbonyl (C=O) groups is 1. The number of nitrogens with two attached hydrogens (primary N) is 1. The molecule has 2 aromatic rings. The first-order valence-corrected chi connectivity index (χ1v) is 7.96. The molecule has 0 heterocycles. The van der Waals surface area contributed by atoms with Gasteiger partial charge < -0.3 is 10.6 Å². The Bertz CT molecular complexity index is 640. The van der Waals surface area contributed by atoms with Crippen molar-refractivity contribution in [1.29, 1.82) is 0 Å². The van der Waals surface area contributed by atoms with Gasteiger partial charge in [-0.2, -0.15) is 0 Å². The molecule has 2 N–H and O–H groups in total. The molecule has 0 fully saturated rings. The lowest BCUT2D eigenvalue weighted by atomic mass is 10.1. The second-order valence-electron chi connectivity index (χ2n) is 5.28. The van der Waals surface area contributed by atoms with E-state index in [1.165, 1.54) is 0 Å². The van der Waals surface area contributed by atoms with Crippen LogP contribution in [0.4, 0.5) is 5.69 Å². The maximum Gasteiger partial charge on any atom is 0.254 e. The molecular weight excluding hydrogens is 375 g/mol. The smallest absolute Gasteiger partial charge is 0.254 e. The van der Waals surface area contributed by atoms with Crippen molar-refractivity contribution in [2.45, 2.75) is 26.4 Å². The van der Waals surface area contributed by atoms with Crippen LogP contribution in [0.1, 0.15) is 29.8 Å². The summed E-state index contributed by atoms with van der Waals surface area (Å²) in [6, 6.07) is 15.5. The topological polar surface area (TPSA) is 46.3 Å². The molecule has 21 heavy (non-hydrogen) atoms. The molecular formula is C17H19IN2O. The van der Waals surface area contributed by atoms with Gasteiger partial charge in [0.25, 0.3) is 5.91 Å². The highest BCUT2D eigenvalue weighted by Crippen LogP contribution is 2.16. The van der Waals surface area contributed by atoms with Crippen LogP contribution in [0.3, 0.4) is 0 Å². The van der Waals surface area contributed by atoms with E-state index in [4.69, 9.17) is 5.73 Å². The van der Waals surface area contributed by atoms with Crippen molar-refractivity contribution in [2.75, 3.05) is 5.73 Å². The summed E-state index contributed by atoms with van der Waals surface area (Å²) in [6.45, 7) is 4.61. The maximum atomic E-state index is 12.7. The Morgan fingerprint density at radius 1 is 1.19 bits per heavy atom. The molecule has 0 aromatic heterocycles. The van der Waals surface area contributed by atoms with Gasteiger partial charge in [-0.05, 0) is 72.3 Å². The summed E-state index contributed by atoms with van der Waals surface area (Å²) in [5.41, 5.74) is 8.30.